The highest BCUT2D eigenvalue weighted by atomic mass is 16.5. The van der Waals surface area contributed by atoms with Crippen molar-refractivity contribution in [1.29, 1.82) is 0 Å². The van der Waals surface area contributed by atoms with Gasteiger partial charge in [-0.2, -0.15) is 0 Å². The molecule has 102 valence electrons. The van der Waals surface area contributed by atoms with Crippen molar-refractivity contribution in [3.05, 3.63) is 41.1 Å². The molecule has 1 N–H and O–H groups in total. The SMILES string of the molecule is CCc1ccc2nc(C)cc(CNCCOC)c2c1. The molecule has 2 aromatic rings. The highest BCUT2D eigenvalue weighted by Gasteiger charge is 2.04. The minimum Gasteiger partial charge on any atom is -0.383 e. The van der Waals surface area contributed by atoms with Crippen LogP contribution < -0.4 is 5.32 Å². The van der Waals surface area contributed by atoms with E-state index in [1.54, 1.807) is 7.11 Å². The first-order chi connectivity index (χ1) is 9.24. The maximum absolute atomic E-state index is 5.05. The molecule has 0 amide bonds. The molecule has 3 heteroatoms. The Hall–Kier alpha value is -1.45. The average molecular weight is 258 g/mol. The zero-order chi connectivity index (χ0) is 13.7. The molecule has 2 rings (SSSR count). The summed E-state index contributed by atoms with van der Waals surface area (Å²) in [5.41, 5.74) is 4.83. The van der Waals surface area contributed by atoms with Crippen LogP contribution in [-0.2, 0) is 17.7 Å². The van der Waals surface area contributed by atoms with Gasteiger partial charge in [-0.3, -0.25) is 4.98 Å². The standard InChI is InChI=1S/C16H22N2O/c1-4-13-5-6-16-15(10-13)14(9-12(2)18-16)11-17-7-8-19-3/h5-6,9-10,17H,4,7-8,11H2,1-3H3. The first-order valence-electron chi connectivity index (χ1n) is 6.83. The van der Waals surface area contributed by atoms with E-state index in [2.05, 4.69) is 41.5 Å². The largest absolute Gasteiger partial charge is 0.383 e. The second-order valence-corrected chi connectivity index (χ2v) is 4.80. The number of ether oxygens (including phenoxy) is 1. The number of methoxy groups -OCH3 is 1. The van der Waals surface area contributed by atoms with Crippen LogP contribution in [-0.4, -0.2) is 25.2 Å². The van der Waals surface area contributed by atoms with Crippen LogP contribution in [0.4, 0.5) is 0 Å². The van der Waals surface area contributed by atoms with Gasteiger partial charge in [0.25, 0.3) is 0 Å². The second-order valence-electron chi connectivity index (χ2n) is 4.80. The lowest BCUT2D eigenvalue weighted by Crippen LogP contribution is -2.18. The van der Waals surface area contributed by atoms with Gasteiger partial charge in [-0.15, -0.1) is 0 Å². The average Bonchev–Trinajstić information content (AvgIpc) is 2.43. The Morgan fingerprint density at radius 3 is 2.84 bits per heavy atom. The number of aryl methyl sites for hydroxylation is 2. The number of hydrogen-bond donors (Lipinski definition) is 1. The van der Waals surface area contributed by atoms with Crippen molar-refractivity contribution in [3.63, 3.8) is 0 Å². The minimum atomic E-state index is 0.738. The Morgan fingerprint density at radius 1 is 1.26 bits per heavy atom. The molecule has 0 spiro atoms. The Balaban J connectivity index is 2.28. The molecule has 0 aliphatic rings. The molecule has 0 atom stereocenters. The van der Waals surface area contributed by atoms with Crippen LogP contribution in [0.15, 0.2) is 24.3 Å². The van der Waals surface area contributed by atoms with E-state index < -0.39 is 0 Å². The summed E-state index contributed by atoms with van der Waals surface area (Å²) >= 11 is 0. The molecule has 3 nitrogen and oxygen atoms in total. The van der Waals surface area contributed by atoms with E-state index in [1.165, 1.54) is 16.5 Å². The van der Waals surface area contributed by atoms with E-state index in [-0.39, 0.29) is 0 Å². The summed E-state index contributed by atoms with van der Waals surface area (Å²) in [5.74, 6) is 0. The lowest BCUT2D eigenvalue weighted by molar-refractivity contribution is 0.199. The summed E-state index contributed by atoms with van der Waals surface area (Å²) < 4.78 is 5.05. The Labute approximate surface area is 115 Å². The van der Waals surface area contributed by atoms with Gasteiger partial charge in [0.15, 0.2) is 0 Å². The maximum atomic E-state index is 5.05. The van der Waals surface area contributed by atoms with Crippen LogP contribution in [0.2, 0.25) is 0 Å². The first kappa shape index (κ1) is 14.0. The predicted octanol–water partition coefficient (Wildman–Crippen LogP) is 2.84. The van der Waals surface area contributed by atoms with Gasteiger partial charge in [-0.1, -0.05) is 13.0 Å². The zero-order valence-corrected chi connectivity index (χ0v) is 12.0. The minimum absolute atomic E-state index is 0.738. The fourth-order valence-corrected chi connectivity index (χ4v) is 2.25. The van der Waals surface area contributed by atoms with Crippen LogP contribution in [0.1, 0.15) is 23.7 Å². The molecule has 0 fully saturated rings. The molecule has 1 aromatic heterocycles. The van der Waals surface area contributed by atoms with Crippen LogP contribution in [0.5, 0.6) is 0 Å². The number of benzene rings is 1. The normalized spacial score (nSPS) is 11.1. The summed E-state index contributed by atoms with van der Waals surface area (Å²) in [7, 11) is 1.72. The highest BCUT2D eigenvalue weighted by molar-refractivity contribution is 5.83. The van der Waals surface area contributed by atoms with Gasteiger partial charge in [-0.25, -0.2) is 0 Å². The molecule has 0 saturated carbocycles. The van der Waals surface area contributed by atoms with Crippen LogP contribution >= 0.6 is 0 Å². The number of fused-ring (bicyclic) bond motifs is 1. The number of nitrogens with zero attached hydrogens (tertiary/aromatic N) is 1. The van der Waals surface area contributed by atoms with Crippen molar-refractivity contribution >= 4 is 10.9 Å². The molecule has 0 unspecified atom stereocenters. The number of nitrogens with one attached hydrogen (secondary N) is 1. The van der Waals surface area contributed by atoms with Gasteiger partial charge < -0.3 is 10.1 Å². The highest BCUT2D eigenvalue weighted by Crippen LogP contribution is 2.20. The van der Waals surface area contributed by atoms with Gasteiger partial charge in [0.2, 0.25) is 0 Å². The van der Waals surface area contributed by atoms with E-state index in [9.17, 15) is 0 Å². The maximum Gasteiger partial charge on any atom is 0.0708 e. The van der Waals surface area contributed by atoms with E-state index in [1.807, 2.05) is 6.92 Å². The van der Waals surface area contributed by atoms with E-state index in [0.717, 1.165) is 37.3 Å². The topological polar surface area (TPSA) is 34.2 Å². The summed E-state index contributed by atoms with van der Waals surface area (Å²) in [6.07, 6.45) is 1.06. The van der Waals surface area contributed by atoms with Crippen molar-refractivity contribution in [2.45, 2.75) is 26.8 Å². The van der Waals surface area contributed by atoms with Crippen LogP contribution in [0, 0.1) is 6.92 Å². The quantitative estimate of drug-likeness (QED) is 0.809. The van der Waals surface area contributed by atoms with E-state index in [4.69, 9.17) is 4.74 Å². The fourth-order valence-electron chi connectivity index (χ4n) is 2.25. The smallest absolute Gasteiger partial charge is 0.0708 e. The molecular weight excluding hydrogens is 236 g/mol. The number of hydrogen-bond acceptors (Lipinski definition) is 3. The van der Waals surface area contributed by atoms with Gasteiger partial charge in [0.05, 0.1) is 12.1 Å². The summed E-state index contributed by atoms with van der Waals surface area (Å²) in [4.78, 5) is 4.60. The number of rotatable bonds is 6. The lowest BCUT2D eigenvalue weighted by Gasteiger charge is -2.10. The first-order valence-corrected chi connectivity index (χ1v) is 6.83. The molecule has 1 aromatic carbocycles. The van der Waals surface area contributed by atoms with Crippen molar-refractivity contribution in [3.8, 4) is 0 Å². The van der Waals surface area contributed by atoms with Crippen molar-refractivity contribution in [2.24, 2.45) is 0 Å². The van der Waals surface area contributed by atoms with Crippen molar-refractivity contribution in [2.75, 3.05) is 20.3 Å². The van der Waals surface area contributed by atoms with Gasteiger partial charge in [0.1, 0.15) is 0 Å². The predicted molar refractivity (Wildman–Crippen MR) is 79.4 cm³/mol. The van der Waals surface area contributed by atoms with Crippen molar-refractivity contribution in [1.82, 2.24) is 10.3 Å². The molecule has 0 bridgehead atoms. The number of pyridine rings is 1. The zero-order valence-electron chi connectivity index (χ0n) is 12.0. The van der Waals surface area contributed by atoms with E-state index in [0.29, 0.717) is 0 Å². The van der Waals surface area contributed by atoms with Crippen molar-refractivity contribution < 1.29 is 4.74 Å². The summed E-state index contributed by atoms with van der Waals surface area (Å²) in [5, 5.41) is 4.67. The third-order valence-corrected chi connectivity index (χ3v) is 3.29. The third kappa shape index (κ3) is 3.52. The Kier molecular flexibility index (Phi) is 4.88. The molecule has 0 radical (unpaired) electrons. The molecule has 0 saturated heterocycles. The Morgan fingerprint density at radius 2 is 2.11 bits per heavy atom. The fraction of sp³-hybridized carbons (Fsp3) is 0.438. The summed E-state index contributed by atoms with van der Waals surface area (Å²) in [6, 6.07) is 8.72. The lowest BCUT2D eigenvalue weighted by atomic mass is 10.0. The second kappa shape index (κ2) is 6.64. The monoisotopic (exact) mass is 258 g/mol. The van der Waals surface area contributed by atoms with Gasteiger partial charge in [-0.05, 0) is 42.7 Å². The molecular formula is C16H22N2O. The third-order valence-electron chi connectivity index (χ3n) is 3.29. The van der Waals surface area contributed by atoms with Crippen LogP contribution in [0.3, 0.4) is 0 Å². The van der Waals surface area contributed by atoms with Gasteiger partial charge >= 0.3 is 0 Å². The van der Waals surface area contributed by atoms with E-state index >= 15 is 0 Å². The molecule has 19 heavy (non-hydrogen) atoms. The molecule has 0 aliphatic carbocycles. The molecule has 0 aliphatic heterocycles. The molecule has 1 heterocycles. The van der Waals surface area contributed by atoms with Crippen LogP contribution in [0.25, 0.3) is 10.9 Å². The Bertz CT molecular complexity index is 552. The summed E-state index contributed by atoms with van der Waals surface area (Å²) in [6.45, 7) is 6.69. The number of aromatic nitrogens is 1. The van der Waals surface area contributed by atoms with Gasteiger partial charge in [0, 0.05) is 31.3 Å².